The Morgan fingerprint density at radius 3 is 2.71 bits per heavy atom. The van der Waals surface area contributed by atoms with Gasteiger partial charge in [-0.25, -0.2) is 4.79 Å². The normalized spacial score (nSPS) is 36.6. The van der Waals surface area contributed by atoms with Gasteiger partial charge in [0.05, 0.1) is 19.6 Å². The van der Waals surface area contributed by atoms with Gasteiger partial charge in [-0.15, -0.1) is 0 Å². The quantitative estimate of drug-likeness (QED) is 0.514. The zero-order chi connectivity index (χ0) is 12.4. The third kappa shape index (κ3) is 2.21. The number of cyclic esters (lactones) is 1. The number of esters is 2. The van der Waals surface area contributed by atoms with E-state index >= 15 is 0 Å². The van der Waals surface area contributed by atoms with Crippen LogP contribution in [0, 0.1) is 23.7 Å². The Balaban J connectivity index is 0.000000157. The number of hydrogen-bond acceptors (Lipinski definition) is 4. The number of hydrogen-bond donors (Lipinski definition) is 0. The second kappa shape index (κ2) is 4.90. The smallest absolute Gasteiger partial charge is 0.329 e. The van der Waals surface area contributed by atoms with Crippen LogP contribution in [0.2, 0.25) is 0 Å². The summed E-state index contributed by atoms with van der Waals surface area (Å²) in [6.45, 7) is 3.88. The van der Waals surface area contributed by atoms with Gasteiger partial charge < -0.3 is 9.47 Å². The van der Waals surface area contributed by atoms with E-state index in [9.17, 15) is 9.59 Å². The van der Waals surface area contributed by atoms with Gasteiger partial charge in [0.25, 0.3) is 0 Å². The lowest BCUT2D eigenvalue weighted by Gasteiger charge is -2.19. The summed E-state index contributed by atoms with van der Waals surface area (Å²) >= 11 is 0. The third-order valence-electron chi connectivity index (χ3n) is 4.15. The molecule has 0 aromatic rings. The molecule has 0 radical (unpaired) electrons. The molecule has 1 heterocycles. The first kappa shape index (κ1) is 12.1. The SMILES string of the molecule is C=CC(=O)OC.O=C1OCC2C3CCC(C3)C12. The van der Waals surface area contributed by atoms with Gasteiger partial charge in [0, 0.05) is 12.0 Å². The molecule has 1 aliphatic heterocycles. The summed E-state index contributed by atoms with van der Waals surface area (Å²) in [5, 5.41) is 0. The number of fused-ring (bicyclic) bond motifs is 5. The van der Waals surface area contributed by atoms with Crippen LogP contribution in [0.4, 0.5) is 0 Å². The van der Waals surface area contributed by atoms with Crippen molar-refractivity contribution >= 4 is 11.9 Å². The molecule has 0 N–H and O–H groups in total. The fraction of sp³-hybridized carbons (Fsp3) is 0.692. The number of carbonyl (C=O) groups is 2. The summed E-state index contributed by atoms with van der Waals surface area (Å²) in [5.41, 5.74) is 0. The van der Waals surface area contributed by atoms with Crippen molar-refractivity contribution in [2.45, 2.75) is 19.3 Å². The number of methoxy groups -OCH3 is 1. The second-order valence-electron chi connectivity index (χ2n) is 4.88. The van der Waals surface area contributed by atoms with Crippen LogP contribution in [0.15, 0.2) is 12.7 Å². The molecular formula is C13H18O4. The minimum absolute atomic E-state index is 0.0993. The van der Waals surface area contributed by atoms with Crippen molar-refractivity contribution in [3.05, 3.63) is 12.7 Å². The highest BCUT2D eigenvalue weighted by Crippen LogP contribution is 2.54. The summed E-state index contributed by atoms with van der Waals surface area (Å²) in [4.78, 5) is 21.1. The Bertz CT molecular complexity index is 336. The van der Waals surface area contributed by atoms with Gasteiger partial charge in [0.1, 0.15) is 0 Å². The van der Waals surface area contributed by atoms with E-state index in [2.05, 4.69) is 11.3 Å². The van der Waals surface area contributed by atoms with Crippen LogP contribution in [0.25, 0.3) is 0 Å². The molecule has 0 amide bonds. The minimum atomic E-state index is -0.394. The molecule has 4 nitrogen and oxygen atoms in total. The molecule has 3 rings (SSSR count). The van der Waals surface area contributed by atoms with Gasteiger partial charge in [0.2, 0.25) is 0 Å². The van der Waals surface area contributed by atoms with Crippen LogP contribution in [0.3, 0.4) is 0 Å². The number of carbonyl (C=O) groups excluding carboxylic acids is 2. The number of rotatable bonds is 1. The number of ether oxygens (including phenoxy) is 2. The second-order valence-corrected chi connectivity index (χ2v) is 4.88. The summed E-state index contributed by atoms with van der Waals surface area (Å²) in [7, 11) is 1.31. The van der Waals surface area contributed by atoms with Gasteiger partial charge in [0.15, 0.2) is 0 Å². The standard InChI is InChI=1S/C9H12O2.C4H6O2/c10-9-8-6-2-1-5(3-6)7(8)4-11-9;1-3-4(5)6-2/h5-8H,1-4H2;3H,1H2,2H3. The molecule has 3 fully saturated rings. The van der Waals surface area contributed by atoms with Crippen LogP contribution >= 0.6 is 0 Å². The first-order valence-corrected chi connectivity index (χ1v) is 6.04. The van der Waals surface area contributed by atoms with E-state index < -0.39 is 5.97 Å². The predicted octanol–water partition coefficient (Wildman–Crippen LogP) is 1.55. The molecule has 4 atom stereocenters. The Hall–Kier alpha value is -1.32. The molecule has 4 heteroatoms. The molecule has 94 valence electrons. The molecule has 3 aliphatic rings. The molecule has 17 heavy (non-hydrogen) atoms. The van der Waals surface area contributed by atoms with Crippen molar-refractivity contribution < 1.29 is 19.1 Å². The van der Waals surface area contributed by atoms with Gasteiger partial charge in [-0.05, 0) is 31.1 Å². The van der Waals surface area contributed by atoms with Gasteiger partial charge in [-0.2, -0.15) is 0 Å². The van der Waals surface area contributed by atoms with E-state index in [1.165, 1.54) is 26.4 Å². The molecule has 4 unspecified atom stereocenters. The van der Waals surface area contributed by atoms with Gasteiger partial charge in [-0.3, -0.25) is 4.79 Å². The topological polar surface area (TPSA) is 52.6 Å². The summed E-state index contributed by atoms with van der Waals surface area (Å²) in [5.74, 6) is 2.16. The first-order chi connectivity index (χ1) is 8.17. The van der Waals surface area contributed by atoms with Crippen LogP contribution in [0.5, 0.6) is 0 Å². The highest BCUT2D eigenvalue weighted by molar-refractivity contribution is 5.80. The lowest BCUT2D eigenvalue weighted by Crippen LogP contribution is -2.22. The molecule has 1 saturated heterocycles. The van der Waals surface area contributed by atoms with E-state index in [1.54, 1.807) is 0 Å². The molecule has 2 bridgehead atoms. The average Bonchev–Trinajstić information content (AvgIpc) is 3.03. The van der Waals surface area contributed by atoms with E-state index in [4.69, 9.17) is 4.74 Å². The maximum absolute atomic E-state index is 11.2. The van der Waals surface area contributed by atoms with Crippen LogP contribution in [-0.4, -0.2) is 25.7 Å². The van der Waals surface area contributed by atoms with Crippen LogP contribution in [-0.2, 0) is 19.1 Å². The van der Waals surface area contributed by atoms with E-state index in [1.807, 2.05) is 0 Å². The Labute approximate surface area is 101 Å². The van der Waals surface area contributed by atoms with E-state index in [-0.39, 0.29) is 5.97 Å². The molecular weight excluding hydrogens is 220 g/mol. The average molecular weight is 238 g/mol. The van der Waals surface area contributed by atoms with Crippen molar-refractivity contribution in [2.24, 2.45) is 23.7 Å². The Morgan fingerprint density at radius 1 is 1.47 bits per heavy atom. The van der Waals surface area contributed by atoms with Crippen molar-refractivity contribution in [3.63, 3.8) is 0 Å². The van der Waals surface area contributed by atoms with Gasteiger partial charge >= 0.3 is 11.9 Å². The largest absolute Gasteiger partial charge is 0.466 e. The highest BCUT2D eigenvalue weighted by Gasteiger charge is 2.54. The Kier molecular flexibility index (Phi) is 3.50. The molecule has 2 aliphatic carbocycles. The minimum Gasteiger partial charge on any atom is -0.466 e. The highest BCUT2D eigenvalue weighted by atomic mass is 16.5. The van der Waals surface area contributed by atoms with Crippen molar-refractivity contribution in [3.8, 4) is 0 Å². The van der Waals surface area contributed by atoms with Crippen LogP contribution < -0.4 is 0 Å². The van der Waals surface area contributed by atoms with Crippen LogP contribution in [0.1, 0.15) is 19.3 Å². The lowest BCUT2D eigenvalue weighted by atomic mass is 9.81. The first-order valence-electron chi connectivity index (χ1n) is 6.04. The zero-order valence-electron chi connectivity index (χ0n) is 10.1. The fourth-order valence-electron chi connectivity index (χ4n) is 3.38. The molecule has 0 aromatic heterocycles. The molecule has 2 saturated carbocycles. The third-order valence-corrected chi connectivity index (χ3v) is 4.15. The van der Waals surface area contributed by atoms with E-state index in [0.29, 0.717) is 17.8 Å². The maximum atomic E-state index is 11.2. The van der Waals surface area contributed by atoms with Crippen molar-refractivity contribution in [1.82, 2.24) is 0 Å². The van der Waals surface area contributed by atoms with Crippen molar-refractivity contribution in [1.29, 1.82) is 0 Å². The van der Waals surface area contributed by atoms with Gasteiger partial charge in [-0.1, -0.05) is 6.58 Å². The monoisotopic (exact) mass is 238 g/mol. The lowest BCUT2D eigenvalue weighted by molar-refractivity contribution is -0.142. The van der Waals surface area contributed by atoms with Crippen molar-refractivity contribution in [2.75, 3.05) is 13.7 Å². The summed E-state index contributed by atoms with van der Waals surface area (Å²) in [6.07, 6.45) is 5.05. The summed E-state index contributed by atoms with van der Waals surface area (Å²) in [6, 6.07) is 0. The van der Waals surface area contributed by atoms with E-state index in [0.717, 1.165) is 18.6 Å². The maximum Gasteiger partial charge on any atom is 0.329 e. The Morgan fingerprint density at radius 2 is 2.18 bits per heavy atom. The predicted molar refractivity (Wildman–Crippen MR) is 61.0 cm³/mol. The fourth-order valence-corrected chi connectivity index (χ4v) is 3.38. The summed E-state index contributed by atoms with van der Waals surface area (Å²) < 4.78 is 9.20. The molecule has 0 aromatic carbocycles. The molecule has 0 spiro atoms. The zero-order valence-corrected chi connectivity index (χ0v) is 10.1.